The van der Waals surface area contributed by atoms with Crippen molar-refractivity contribution in [3.8, 4) is 0 Å². The number of fused-ring (bicyclic) bond motifs is 1. The van der Waals surface area contributed by atoms with Gasteiger partial charge in [-0.1, -0.05) is 0 Å². The molecule has 14 heavy (non-hydrogen) atoms. The Hall–Kier alpha value is -1.10. The minimum absolute atomic E-state index is 0.239. The average molecular weight is 220 g/mol. The van der Waals surface area contributed by atoms with Gasteiger partial charge in [0.05, 0.1) is 5.56 Å². The maximum atomic E-state index is 13.1. The van der Waals surface area contributed by atoms with Gasteiger partial charge in [0.2, 0.25) is 0 Å². The smallest absolute Gasteiger partial charge is 0.206 e. The second kappa shape index (κ2) is 2.95. The first-order valence-electron chi connectivity index (χ1n) is 3.72. The highest BCUT2D eigenvalue weighted by atomic mass is 32.1. The Balaban J connectivity index is 2.70. The molecule has 0 aliphatic rings. The van der Waals surface area contributed by atoms with Crippen molar-refractivity contribution in [1.82, 2.24) is 0 Å². The van der Waals surface area contributed by atoms with Gasteiger partial charge in [-0.25, -0.2) is 4.39 Å². The molecule has 0 bridgehead atoms. The fourth-order valence-electron chi connectivity index (χ4n) is 1.19. The zero-order chi connectivity index (χ0) is 10.3. The van der Waals surface area contributed by atoms with Crippen LogP contribution in [0, 0.1) is 5.82 Å². The Morgan fingerprint density at radius 3 is 2.50 bits per heavy atom. The highest BCUT2D eigenvalue weighted by Crippen LogP contribution is 2.34. The SMILES string of the molecule is Fc1cc(C(F)(F)F)cc2sccc12. The Kier molecular flexibility index (Phi) is 1.99. The topological polar surface area (TPSA) is 0 Å². The lowest BCUT2D eigenvalue weighted by Crippen LogP contribution is -2.04. The van der Waals surface area contributed by atoms with Crippen molar-refractivity contribution >= 4 is 21.4 Å². The van der Waals surface area contributed by atoms with E-state index in [-0.39, 0.29) is 5.39 Å². The van der Waals surface area contributed by atoms with Gasteiger partial charge in [-0.15, -0.1) is 11.3 Å². The Morgan fingerprint density at radius 1 is 1.14 bits per heavy atom. The molecule has 0 fully saturated rings. The molecule has 2 rings (SSSR count). The molecular formula is C9H4F4S. The largest absolute Gasteiger partial charge is 0.416 e. The number of halogens is 4. The molecule has 0 unspecified atom stereocenters. The van der Waals surface area contributed by atoms with Gasteiger partial charge >= 0.3 is 6.18 Å². The highest BCUT2D eigenvalue weighted by molar-refractivity contribution is 7.17. The van der Waals surface area contributed by atoms with Crippen molar-refractivity contribution < 1.29 is 17.6 Å². The van der Waals surface area contributed by atoms with Crippen LogP contribution in [0.4, 0.5) is 17.6 Å². The van der Waals surface area contributed by atoms with Crippen LogP contribution >= 0.6 is 11.3 Å². The molecule has 5 heteroatoms. The molecule has 2 aromatic rings. The van der Waals surface area contributed by atoms with Gasteiger partial charge in [0, 0.05) is 10.1 Å². The fraction of sp³-hybridized carbons (Fsp3) is 0.111. The zero-order valence-electron chi connectivity index (χ0n) is 6.73. The van der Waals surface area contributed by atoms with Gasteiger partial charge in [0.15, 0.2) is 0 Å². The lowest BCUT2D eigenvalue weighted by Gasteiger charge is -2.06. The monoisotopic (exact) mass is 220 g/mol. The number of benzene rings is 1. The molecule has 1 aromatic heterocycles. The summed E-state index contributed by atoms with van der Waals surface area (Å²) in [4.78, 5) is 0. The average Bonchev–Trinajstić information content (AvgIpc) is 2.50. The minimum Gasteiger partial charge on any atom is -0.206 e. The third-order valence-electron chi connectivity index (χ3n) is 1.85. The van der Waals surface area contributed by atoms with Crippen LogP contribution in [0.1, 0.15) is 5.56 Å². The van der Waals surface area contributed by atoms with E-state index in [1.165, 1.54) is 6.07 Å². The predicted octanol–water partition coefficient (Wildman–Crippen LogP) is 4.06. The standard InChI is InChI=1S/C9H4F4S/c10-7-3-5(9(11,12)13)4-8-6(7)1-2-14-8/h1-4H. The first-order chi connectivity index (χ1) is 6.48. The van der Waals surface area contributed by atoms with Gasteiger partial charge in [0.25, 0.3) is 0 Å². The molecule has 0 saturated heterocycles. The molecule has 0 atom stereocenters. The van der Waals surface area contributed by atoms with Crippen LogP contribution in [0.2, 0.25) is 0 Å². The third kappa shape index (κ3) is 1.48. The highest BCUT2D eigenvalue weighted by Gasteiger charge is 2.31. The summed E-state index contributed by atoms with van der Waals surface area (Å²) in [6, 6.07) is 2.95. The summed E-state index contributed by atoms with van der Waals surface area (Å²) in [7, 11) is 0. The van der Waals surface area contributed by atoms with E-state index in [9.17, 15) is 17.6 Å². The van der Waals surface area contributed by atoms with Gasteiger partial charge in [0.1, 0.15) is 5.82 Å². The van der Waals surface area contributed by atoms with Crippen LogP contribution in [-0.2, 0) is 6.18 Å². The first-order valence-corrected chi connectivity index (χ1v) is 4.60. The number of hydrogen-bond acceptors (Lipinski definition) is 1. The molecule has 1 aromatic carbocycles. The normalized spacial score (nSPS) is 12.3. The van der Waals surface area contributed by atoms with E-state index >= 15 is 0 Å². The summed E-state index contributed by atoms with van der Waals surface area (Å²) in [5.74, 6) is -0.823. The van der Waals surface area contributed by atoms with Gasteiger partial charge in [-0.05, 0) is 23.6 Å². The molecule has 0 amide bonds. The van der Waals surface area contributed by atoms with E-state index < -0.39 is 17.6 Å². The zero-order valence-corrected chi connectivity index (χ0v) is 7.55. The summed E-state index contributed by atoms with van der Waals surface area (Å²) >= 11 is 1.09. The molecule has 0 radical (unpaired) electrons. The van der Waals surface area contributed by atoms with Crippen molar-refractivity contribution in [3.63, 3.8) is 0 Å². The Morgan fingerprint density at radius 2 is 1.86 bits per heavy atom. The number of rotatable bonds is 0. The van der Waals surface area contributed by atoms with Gasteiger partial charge < -0.3 is 0 Å². The van der Waals surface area contributed by atoms with Gasteiger partial charge in [-0.2, -0.15) is 13.2 Å². The number of thiophene rings is 1. The van der Waals surface area contributed by atoms with Crippen molar-refractivity contribution in [2.75, 3.05) is 0 Å². The summed E-state index contributed by atoms with van der Waals surface area (Å²) in [6.45, 7) is 0. The van der Waals surface area contributed by atoms with Crippen LogP contribution in [-0.4, -0.2) is 0 Å². The Bertz CT molecular complexity index is 469. The molecule has 0 aliphatic carbocycles. The van der Waals surface area contributed by atoms with Crippen LogP contribution < -0.4 is 0 Å². The lowest BCUT2D eigenvalue weighted by atomic mass is 10.1. The second-order valence-electron chi connectivity index (χ2n) is 2.79. The summed E-state index contributed by atoms with van der Waals surface area (Å²) < 4.78 is 50.2. The summed E-state index contributed by atoms with van der Waals surface area (Å²) in [5.41, 5.74) is -0.940. The maximum Gasteiger partial charge on any atom is 0.416 e. The third-order valence-corrected chi connectivity index (χ3v) is 2.71. The lowest BCUT2D eigenvalue weighted by molar-refractivity contribution is -0.137. The fourth-order valence-corrected chi connectivity index (χ4v) is 2.03. The minimum atomic E-state index is -4.49. The van der Waals surface area contributed by atoms with E-state index in [4.69, 9.17) is 0 Å². The molecule has 1 heterocycles. The predicted molar refractivity (Wildman–Crippen MR) is 46.8 cm³/mol. The van der Waals surface area contributed by atoms with E-state index in [1.54, 1.807) is 5.38 Å². The van der Waals surface area contributed by atoms with Crippen LogP contribution in [0.25, 0.3) is 10.1 Å². The van der Waals surface area contributed by atoms with Gasteiger partial charge in [-0.3, -0.25) is 0 Å². The number of hydrogen-bond donors (Lipinski definition) is 0. The molecule has 0 nitrogen and oxygen atoms in total. The van der Waals surface area contributed by atoms with Crippen molar-refractivity contribution in [2.45, 2.75) is 6.18 Å². The summed E-state index contributed by atoms with van der Waals surface area (Å²) in [5, 5.41) is 1.80. The molecule has 0 N–H and O–H groups in total. The van der Waals surface area contributed by atoms with E-state index in [0.29, 0.717) is 10.8 Å². The van der Waals surface area contributed by atoms with Crippen molar-refractivity contribution in [2.24, 2.45) is 0 Å². The molecule has 0 spiro atoms. The van der Waals surface area contributed by atoms with Crippen LogP contribution in [0.3, 0.4) is 0 Å². The van der Waals surface area contributed by atoms with E-state index in [0.717, 1.165) is 17.4 Å². The second-order valence-corrected chi connectivity index (χ2v) is 3.74. The van der Waals surface area contributed by atoms with Crippen LogP contribution in [0.5, 0.6) is 0 Å². The molecule has 0 aliphatic heterocycles. The van der Waals surface area contributed by atoms with Crippen molar-refractivity contribution in [3.05, 3.63) is 35.0 Å². The van der Waals surface area contributed by atoms with E-state index in [1.807, 2.05) is 0 Å². The summed E-state index contributed by atoms with van der Waals surface area (Å²) in [6.07, 6.45) is -4.49. The Labute approximate surface area is 80.8 Å². The number of alkyl halides is 3. The van der Waals surface area contributed by atoms with E-state index in [2.05, 4.69) is 0 Å². The quantitative estimate of drug-likeness (QED) is 0.587. The first kappa shape index (κ1) is 9.45. The van der Waals surface area contributed by atoms with Crippen LogP contribution in [0.15, 0.2) is 23.6 Å². The molecular weight excluding hydrogens is 216 g/mol. The van der Waals surface area contributed by atoms with Crippen molar-refractivity contribution in [1.29, 1.82) is 0 Å². The molecule has 0 saturated carbocycles. The maximum absolute atomic E-state index is 13.1. The molecule has 74 valence electrons.